The monoisotopic (exact) mass is 494 g/mol. The Morgan fingerprint density at radius 3 is 0.933 bits per heavy atom. The van der Waals surface area contributed by atoms with E-state index in [1.165, 1.54) is 0 Å². The van der Waals surface area contributed by atoms with Crippen molar-refractivity contribution in [3.05, 3.63) is 30.6 Å². The fourth-order valence-corrected chi connectivity index (χ4v) is 7.26. The van der Waals surface area contributed by atoms with E-state index in [4.69, 9.17) is 10.2 Å². The Morgan fingerprint density at radius 2 is 0.733 bits per heavy atom. The minimum absolute atomic E-state index is 0.159. The van der Waals surface area contributed by atoms with Crippen molar-refractivity contribution in [2.45, 2.75) is 9.79 Å². The smallest absolute Gasteiger partial charge is 0.347 e. The van der Waals surface area contributed by atoms with Crippen LogP contribution in [0.1, 0.15) is 59.4 Å². The Bertz CT molecular complexity index is 1040. The molecule has 0 amide bonds. The first kappa shape index (κ1) is 23.2. The quantitative estimate of drug-likeness (QED) is 0.276. The van der Waals surface area contributed by atoms with Crippen LogP contribution in [0.25, 0.3) is 0 Å². The normalized spacial score (nSPS) is 10.5. The molecule has 0 saturated carbocycles. The van der Waals surface area contributed by atoms with Crippen molar-refractivity contribution in [3.63, 3.8) is 0 Å². The average Bonchev–Trinajstić information content (AvgIpc) is 3.18. The second kappa shape index (κ2) is 8.74. The van der Waals surface area contributed by atoms with Crippen LogP contribution in [0.3, 0.4) is 0 Å². The molecule has 12 nitrogen and oxygen atoms in total. The highest BCUT2D eigenvalue weighted by Crippen LogP contribution is 2.49. The molecule has 0 atom stereocenters. The zero-order valence-corrected chi connectivity index (χ0v) is 17.0. The van der Waals surface area contributed by atoms with Gasteiger partial charge in [0.25, 0.3) is 0 Å². The molecule has 0 spiro atoms. The Morgan fingerprint density at radius 1 is 0.467 bits per heavy atom. The molecule has 0 bridgehead atoms. The highest BCUT2D eigenvalue weighted by Gasteiger charge is 2.34. The van der Waals surface area contributed by atoms with Gasteiger partial charge in [0.05, 0.1) is 9.79 Å². The first-order valence-electron chi connectivity index (χ1n) is 6.96. The van der Waals surface area contributed by atoms with Crippen LogP contribution in [0.2, 0.25) is 0 Å². The molecule has 0 aromatic carbocycles. The van der Waals surface area contributed by atoms with Crippen LogP contribution in [0.5, 0.6) is 0 Å². The van der Waals surface area contributed by atoms with E-state index in [9.17, 15) is 49.2 Å². The fraction of sp³-hybridized carbons (Fsp3) is 0. The molecule has 16 heteroatoms. The van der Waals surface area contributed by atoms with Gasteiger partial charge in [-0.05, 0) is 21.6 Å². The van der Waals surface area contributed by atoms with Crippen LogP contribution in [0.4, 0.5) is 0 Å². The van der Waals surface area contributed by atoms with Crippen molar-refractivity contribution < 1.29 is 59.4 Å². The van der Waals surface area contributed by atoms with Gasteiger partial charge in [-0.3, -0.25) is 0 Å². The molecule has 2 heterocycles. The first-order valence-corrected chi connectivity index (χ1v) is 10.7. The number of hydrogen-bond acceptors (Lipinski definition) is 10. The van der Waals surface area contributed by atoms with Crippen LogP contribution in [0, 0.1) is 0 Å². The maximum Gasteiger partial charge on any atom is 0.347 e. The molecule has 30 heavy (non-hydrogen) atoms. The number of carboxylic acids is 6. The lowest BCUT2D eigenvalue weighted by Gasteiger charge is -2.05. The molecule has 0 fully saturated rings. The lowest BCUT2D eigenvalue weighted by atomic mass is 10.2. The fourth-order valence-electron chi connectivity index (χ4n) is 2.05. The molecular formula is C14H6O12S4. The highest BCUT2D eigenvalue weighted by atomic mass is 33.1. The van der Waals surface area contributed by atoms with Crippen molar-refractivity contribution in [1.29, 1.82) is 0 Å². The van der Waals surface area contributed by atoms with Gasteiger partial charge in [-0.25, -0.2) is 28.8 Å². The molecular weight excluding hydrogens is 488 g/mol. The van der Waals surface area contributed by atoms with Gasteiger partial charge in [-0.2, -0.15) is 0 Å². The maximum atomic E-state index is 11.5. The summed E-state index contributed by atoms with van der Waals surface area (Å²) < 4.78 is 0. The minimum Gasteiger partial charge on any atom is -0.478 e. The van der Waals surface area contributed by atoms with Gasteiger partial charge in [0, 0.05) is 0 Å². The highest BCUT2D eigenvalue weighted by molar-refractivity contribution is 8.76. The number of thiophene rings is 2. The van der Waals surface area contributed by atoms with Gasteiger partial charge in [-0.1, -0.05) is 0 Å². The van der Waals surface area contributed by atoms with Crippen molar-refractivity contribution in [1.82, 2.24) is 0 Å². The molecule has 0 aliphatic heterocycles. The second-order valence-electron chi connectivity index (χ2n) is 4.93. The molecule has 158 valence electrons. The summed E-state index contributed by atoms with van der Waals surface area (Å²) in [6.45, 7) is 0. The largest absolute Gasteiger partial charge is 0.478 e. The van der Waals surface area contributed by atoms with Gasteiger partial charge in [0.1, 0.15) is 30.6 Å². The summed E-state index contributed by atoms with van der Waals surface area (Å²) >= 11 is 0.317. The topological polar surface area (TPSA) is 224 Å². The molecule has 0 saturated heterocycles. The van der Waals surface area contributed by atoms with E-state index in [1.807, 2.05) is 0 Å². The maximum absolute atomic E-state index is 11.5. The molecule has 0 aliphatic rings. The van der Waals surface area contributed by atoms with Crippen LogP contribution >= 0.6 is 44.3 Å². The van der Waals surface area contributed by atoms with Crippen molar-refractivity contribution in [3.8, 4) is 0 Å². The number of carboxylic acid groups (broad SMARTS) is 6. The zero-order valence-electron chi connectivity index (χ0n) is 13.8. The first-order chi connectivity index (χ1) is 13.9. The third-order valence-electron chi connectivity index (χ3n) is 3.14. The van der Waals surface area contributed by atoms with Crippen LogP contribution in [0.15, 0.2) is 9.79 Å². The SMILES string of the molecule is O=C(O)c1sc(C(=O)O)c(C(=O)O)c1SSc1c(C(=O)O)sc(C(=O)O)c1C(=O)O. The van der Waals surface area contributed by atoms with Crippen molar-refractivity contribution in [2.75, 3.05) is 0 Å². The number of carbonyl (C=O) groups is 6. The van der Waals surface area contributed by atoms with Crippen molar-refractivity contribution >= 4 is 80.1 Å². The van der Waals surface area contributed by atoms with E-state index in [-0.39, 0.29) is 22.7 Å². The summed E-state index contributed by atoms with van der Waals surface area (Å²) in [5.74, 6) is -10.3. The second-order valence-corrected chi connectivity index (χ2v) is 9.12. The lowest BCUT2D eigenvalue weighted by molar-refractivity contribution is 0.0651. The molecule has 0 radical (unpaired) electrons. The molecule has 2 aromatic rings. The van der Waals surface area contributed by atoms with Gasteiger partial charge in [0.15, 0.2) is 0 Å². The number of rotatable bonds is 9. The van der Waals surface area contributed by atoms with Crippen LogP contribution in [-0.2, 0) is 0 Å². The minimum atomic E-state index is -1.77. The van der Waals surface area contributed by atoms with Gasteiger partial charge >= 0.3 is 35.8 Å². The van der Waals surface area contributed by atoms with E-state index in [2.05, 4.69) is 0 Å². The third kappa shape index (κ3) is 4.25. The predicted octanol–water partition coefficient (Wildman–Crippen LogP) is 2.80. The van der Waals surface area contributed by atoms with E-state index >= 15 is 0 Å². The Kier molecular flexibility index (Phi) is 6.76. The van der Waals surface area contributed by atoms with Crippen LogP contribution in [-0.4, -0.2) is 66.5 Å². The average molecular weight is 494 g/mol. The number of aromatic carboxylic acids is 6. The molecule has 2 aromatic heterocycles. The van der Waals surface area contributed by atoms with Crippen LogP contribution < -0.4 is 0 Å². The van der Waals surface area contributed by atoms with Gasteiger partial charge < -0.3 is 30.6 Å². The van der Waals surface area contributed by atoms with E-state index in [1.54, 1.807) is 0 Å². The summed E-state index contributed by atoms with van der Waals surface area (Å²) in [6.07, 6.45) is 0. The number of hydrogen-bond donors (Lipinski definition) is 6. The van der Waals surface area contributed by atoms with Gasteiger partial charge in [0.2, 0.25) is 0 Å². The summed E-state index contributed by atoms with van der Waals surface area (Å²) in [4.78, 5) is 64.3. The third-order valence-corrected chi connectivity index (χ3v) is 8.22. The lowest BCUT2D eigenvalue weighted by Crippen LogP contribution is -2.06. The standard InChI is InChI=1S/C14H6O12S4/c15-9(16)1-3(7(13(23)24)27-5(1)11(19)20)29-30-4-2(10(17)18)6(12(21)22)28-8(4)14(25)26/h(H,15,16)(H,17,18)(H,19,20)(H,21,22)(H,23,24)(H,25,26). The van der Waals surface area contributed by atoms with Gasteiger partial charge in [-0.15, -0.1) is 22.7 Å². The van der Waals surface area contributed by atoms with E-state index in [0.29, 0.717) is 21.6 Å². The Hall–Kier alpha value is -3.08. The summed E-state index contributed by atoms with van der Waals surface area (Å²) in [6, 6.07) is 0. The van der Waals surface area contributed by atoms with E-state index in [0.717, 1.165) is 0 Å². The summed E-state index contributed by atoms with van der Waals surface area (Å²) in [5, 5.41) is 55.4. The summed E-state index contributed by atoms with van der Waals surface area (Å²) in [7, 11) is 0.598. The molecule has 2 rings (SSSR count). The molecule has 0 aliphatic carbocycles. The van der Waals surface area contributed by atoms with Crippen molar-refractivity contribution in [2.24, 2.45) is 0 Å². The summed E-state index contributed by atoms with van der Waals surface area (Å²) in [5.41, 5.74) is -1.74. The zero-order chi connectivity index (χ0) is 22.9. The molecule has 6 N–H and O–H groups in total. The Balaban J connectivity index is 2.67. The van der Waals surface area contributed by atoms with E-state index < -0.39 is 76.2 Å². The Labute approximate surface area is 179 Å². The predicted molar refractivity (Wildman–Crippen MR) is 102 cm³/mol. The molecule has 0 unspecified atom stereocenters.